The number of anilines is 1. The summed E-state index contributed by atoms with van der Waals surface area (Å²) in [5.74, 6) is -1.65. The molecule has 0 radical (unpaired) electrons. The molecule has 1 aliphatic carbocycles. The molecule has 0 aliphatic heterocycles. The maximum Gasteiger partial charge on any atom is 0.264 e. The van der Waals surface area contributed by atoms with Crippen molar-refractivity contribution >= 4 is 50.7 Å². The van der Waals surface area contributed by atoms with E-state index >= 15 is 0 Å². The molecule has 0 aromatic heterocycles. The van der Waals surface area contributed by atoms with E-state index in [1.54, 1.807) is 31.2 Å². The maximum absolute atomic E-state index is 14.7. The minimum atomic E-state index is -4.30. The molecule has 1 fully saturated rings. The Labute approximate surface area is 243 Å². The summed E-state index contributed by atoms with van der Waals surface area (Å²) in [5.41, 5.74) is 0.190. The Kier molecular flexibility index (Phi) is 9.71. The molecular weight excluding hydrogens is 576 g/mol. The van der Waals surface area contributed by atoms with Crippen molar-refractivity contribution in [2.75, 3.05) is 10.8 Å². The molecule has 1 aliphatic rings. The quantitative estimate of drug-likeness (QED) is 0.316. The molecule has 1 atom stereocenters. The summed E-state index contributed by atoms with van der Waals surface area (Å²) in [6.45, 7) is 0.603. The van der Waals surface area contributed by atoms with Gasteiger partial charge in [0.05, 0.1) is 15.6 Å². The van der Waals surface area contributed by atoms with Crippen LogP contribution in [0.1, 0.15) is 38.2 Å². The predicted molar refractivity (Wildman–Crippen MR) is 154 cm³/mol. The van der Waals surface area contributed by atoms with Crippen LogP contribution in [0.5, 0.6) is 0 Å². The Morgan fingerprint density at radius 1 is 1.00 bits per heavy atom. The van der Waals surface area contributed by atoms with Gasteiger partial charge in [0.25, 0.3) is 10.0 Å². The zero-order valence-electron chi connectivity index (χ0n) is 21.9. The average molecular weight is 607 g/mol. The molecule has 3 aromatic carbocycles. The zero-order valence-corrected chi connectivity index (χ0v) is 24.2. The van der Waals surface area contributed by atoms with Crippen LogP contribution >= 0.6 is 23.2 Å². The lowest BCUT2D eigenvalue weighted by atomic mass is 10.1. The first-order valence-corrected chi connectivity index (χ1v) is 15.1. The smallest absolute Gasteiger partial charge is 0.264 e. The second kappa shape index (κ2) is 13.0. The lowest BCUT2D eigenvalue weighted by Gasteiger charge is -2.32. The predicted octanol–water partition coefficient (Wildman–Crippen LogP) is 5.80. The van der Waals surface area contributed by atoms with Crippen LogP contribution in [0.3, 0.4) is 0 Å². The van der Waals surface area contributed by atoms with E-state index in [1.807, 2.05) is 0 Å². The van der Waals surface area contributed by atoms with Gasteiger partial charge >= 0.3 is 0 Å². The van der Waals surface area contributed by atoms with Gasteiger partial charge in [-0.1, -0.05) is 72.4 Å². The summed E-state index contributed by atoms with van der Waals surface area (Å²) < 4.78 is 43.2. The van der Waals surface area contributed by atoms with E-state index < -0.39 is 40.2 Å². The van der Waals surface area contributed by atoms with Crippen LogP contribution in [0, 0.1) is 5.82 Å². The normalized spacial score (nSPS) is 14.5. The Bertz CT molecular complexity index is 1470. The molecular formula is C29H30Cl2FN3O4S. The number of rotatable bonds is 10. The molecule has 2 amide bonds. The summed E-state index contributed by atoms with van der Waals surface area (Å²) >= 11 is 12.6. The number of benzene rings is 3. The summed E-state index contributed by atoms with van der Waals surface area (Å²) in [7, 11) is -4.30. The summed E-state index contributed by atoms with van der Waals surface area (Å²) in [6, 6.07) is 16.8. The Hall–Kier alpha value is -3.14. The van der Waals surface area contributed by atoms with Gasteiger partial charge in [0.15, 0.2) is 0 Å². The average Bonchev–Trinajstić information content (AvgIpc) is 3.45. The fourth-order valence-corrected chi connectivity index (χ4v) is 6.58. The first kappa shape index (κ1) is 29.8. The number of carbonyl (C=O) groups excluding carboxylic acids is 2. The van der Waals surface area contributed by atoms with Gasteiger partial charge in [-0.25, -0.2) is 12.8 Å². The Morgan fingerprint density at radius 2 is 1.65 bits per heavy atom. The van der Waals surface area contributed by atoms with E-state index in [1.165, 1.54) is 53.4 Å². The van der Waals surface area contributed by atoms with Crippen molar-refractivity contribution in [1.29, 1.82) is 0 Å². The van der Waals surface area contributed by atoms with Gasteiger partial charge in [-0.15, -0.1) is 0 Å². The number of halogens is 3. The van der Waals surface area contributed by atoms with Gasteiger partial charge in [-0.2, -0.15) is 0 Å². The molecule has 0 unspecified atom stereocenters. The molecule has 3 aromatic rings. The van der Waals surface area contributed by atoms with Gasteiger partial charge in [0.2, 0.25) is 11.8 Å². The second-order valence-electron chi connectivity index (χ2n) is 9.70. The third-order valence-electron chi connectivity index (χ3n) is 6.95. The van der Waals surface area contributed by atoms with Crippen LogP contribution in [0.25, 0.3) is 0 Å². The van der Waals surface area contributed by atoms with Crippen molar-refractivity contribution in [1.82, 2.24) is 10.2 Å². The summed E-state index contributed by atoms with van der Waals surface area (Å²) in [4.78, 5) is 28.3. The minimum Gasteiger partial charge on any atom is -0.352 e. The van der Waals surface area contributed by atoms with Crippen molar-refractivity contribution in [3.63, 3.8) is 0 Å². The van der Waals surface area contributed by atoms with Crippen LogP contribution in [0.2, 0.25) is 10.0 Å². The van der Waals surface area contributed by atoms with Crippen molar-refractivity contribution in [3.8, 4) is 0 Å². The fourth-order valence-electron chi connectivity index (χ4n) is 4.69. The van der Waals surface area contributed by atoms with Gasteiger partial charge in [-0.05, 0) is 56.2 Å². The SMILES string of the molecule is C[C@@H](C(=O)NC1CCCC1)N(Cc1ccccc1F)C(=O)CN(c1cc(Cl)ccc1Cl)S(=O)(=O)c1ccccc1. The number of hydrogen-bond donors (Lipinski definition) is 1. The maximum atomic E-state index is 14.7. The zero-order chi connectivity index (χ0) is 28.9. The molecule has 0 heterocycles. The van der Waals surface area contributed by atoms with Crippen LogP contribution in [0.4, 0.5) is 10.1 Å². The molecule has 0 bridgehead atoms. The molecule has 1 N–H and O–H groups in total. The Balaban J connectivity index is 1.72. The molecule has 7 nitrogen and oxygen atoms in total. The van der Waals surface area contributed by atoms with E-state index in [-0.39, 0.29) is 38.8 Å². The number of amides is 2. The highest BCUT2D eigenvalue weighted by Crippen LogP contribution is 2.33. The number of nitrogens with one attached hydrogen (secondary N) is 1. The molecule has 40 heavy (non-hydrogen) atoms. The Morgan fingerprint density at radius 3 is 2.33 bits per heavy atom. The highest BCUT2D eigenvalue weighted by molar-refractivity contribution is 7.92. The van der Waals surface area contributed by atoms with Gasteiger partial charge in [0, 0.05) is 23.2 Å². The molecule has 0 spiro atoms. The van der Waals surface area contributed by atoms with Crippen molar-refractivity contribution in [2.24, 2.45) is 0 Å². The van der Waals surface area contributed by atoms with E-state index in [9.17, 15) is 22.4 Å². The van der Waals surface area contributed by atoms with E-state index in [0.29, 0.717) is 0 Å². The van der Waals surface area contributed by atoms with E-state index in [2.05, 4.69) is 5.32 Å². The topological polar surface area (TPSA) is 86.8 Å². The van der Waals surface area contributed by atoms with Crippen LogP contribution in [0.15, 0.2) is 77.7 Å². The molecule has 0 saturated heterocycles. The van der Waals surface area contributed by atoms with Gasteiger partial charge in [-0.3, -0.25) is 13.9 Å². The molecule has 212 valence electrons. The van der Waals surface area contributed by atoms with Gasteiger partial charge < -0.3 is 10.2 Å². The lowest BCUT2D eigenvalue weighted by Crippen LogP contribution is -2.52. The fraction of sp³-hybridized carbons (Fsp3) is 0.310. The number of sulfonamides is 1. The molecule has 1 saturated carbocycles. The first-order chi connectivity index (χ1) is 19.1. The second-order valence-corrected chi connectivity index (χ2v) is 12.4. The minimum absolute atomic E-state index is 0.000251. The number of nitrogens with zero attached hydrogens (tertiary/aromatic N) is 2. The highest BCUT2D eigenvalue weighted by Gasteiger charge is 2.34. The van der Waals surface area contributed by atoms with Gasteiger partial charge in [0.1, 0.15) is 18.4 Å². The van der Waals surface area contributed by atoms with Crippen molar-refractivity contribution in [2.45, 2.75) is 56.1 Å². The summed E-state index contributed by atoms with van der Waals surface area (Å²) in [6.07, 6.45) is 3.69. The third kappa shape index (κ3) is 6.95. The van der Waals surface area contributed by atoms with E-state index in [0.717, 1.165) is 30.0 Å². The van der Waals surface area contributed by atoms with Crippen LogP contribution < -0.4 is 9.62 Å². The van der Waals surface area contributed by atoms with Crippen LogP contribution in [-0.4, -0.2) is 43.8 Å². The standard InChI is InChI=1S/C29H30Cl2FN3O4S/c1-20(29(37)33-23-10-6-7-11-23)34(18-21-9-5-8-14-26(21)32)28(36)19-35(27-17-22(30)15-16-25(27)31)40(38,39)24-12-3-2-4-13-24/h2-5,8-9,12-17,20,23H,6-7,10-11,18-19H2,1H3,(H,33,37)/t20-/m0/s1. The molecule has 4 rings (SSSR count). The summed E-state index contributed by atoms with van der Waals surface area (Å²) in [5, 5.41) is 3.25. The molecule has 11 heteroatoms. The highest BCUT2D eigenvalue weighted by atomic mass is 35.5. The number of carbonyl (C=O) groups is 2. The van der Waals surface area contributed by atoms with E-state index in [4.69, 9.17) is 23.2 Å². The number of hydrogen-bond acceptors (Lipinski definition) is 4. The monoisotopic (exact) mass is 605 g/mol. The first-order valence-electron chi connectivity index (χ1n) is 12.9. The van der Waals surface area contributed by atoms with Crippen LogP contribution in [-0.2, 0) is 26.2 Å². The third-order valence-corrected chi connectivity index (χ3v) is 9.28. The van der Waals surface area contributed by atoms with Crippen molar-refractivity contribution < 1.29 is 22.4 Å². The largest absolute Gasteiger partial charge is 0.352 e. The lowest BCUT2D eigenvalue weighted by molar-refractivity contribution is -0.139. The van der Waals surface area contributed by atoms with Crippen molar-refractivity contribution in [3.05, 3.63) is 94.2 Å².